The quantitative estimate of drug-likeness (QED) is 0.855. The first kappa shape index (κ1) is 17.6. The maximum absolute atomic E-state index is 12.9. The number of halogens is 1. The van der Waals surface area contributed by atoms with Crippen molar-refractivity contribution in [3.8, 4) is 0 Å². The SMILES string of the molecule is O=C1[C@H](NS(=O)(=O)Cc2ccc(F)cc2)CCN1Cc1ccccc1. The molecule has 1 N–H and O–H groups in total. The molecule has 1 saturated heterocycles. The number of carbonyl (C=O) groups is 1. The summed E-state index contributed by atoms with van der Waals surface area (Å²) in [5.41, 5.74) is 1.48. The Bertz CT molecular complexity index is 838. The molecular formula is C18H19FN2O3S. The van der Waals surface area contributed by atoms with Gasteiger partial charge in [-0.3, -0.25) is 4.79 Å². The van der Waals surface area contributed by atoms with Gasteiger partial charge in [-0.2, -0.15) is 0 Å². The zero-order chi connectivity index (χ0) is 17.9. The summed E-state index contributed by atoms with van der Waals surface area (Å²) in [5.74, 6) is -0.918. The van der Waals surface area contributed by atoms with Crippen LogP contribution in [0.2, 0.25) is 0 Å². The summed E-state index contributed by atoms with van der Waals surface area (Å²) in [6.07, 6.45) is 0.439. The Labute approximate surface area is 146 Å². The van der Waals surface area contributed by atoms with Crippen LogP contribution in [0.3, 0.4) is 0 Å². The van der Waals surface area contributed by atoms with Gasteiger partial charge in [0, 0.05) is 13.1 Å². The summed E-state index contributed by atoms with van der Waals surface area (Å²) in [4.78, 5) is 14.1. The standard InChI is InChI=1S/C18H19FN2O3S/c19-16-8-6-15(7-9-16)13-25(23,24)20-17-10-11-21(18(17)22)12-14-4-2-1-3-5-14/h1-9,17,20H,10-13H2/t17-/m1/s1. The largest absolute Gasteiger partial charge is 0.337 e. The highest BCUT2D eigenvalue weighted by Crippen LogP contribution is 2.17. The fourth-order valence-corrected chi connectivity index (χ4v) is 4.23. The number of nitrogens with zero attached hydrogens (tertiary/aromatic N) is 1. The first-order chi connectivity index (χ1) is 11.9. The zero-order valence-electron chi connectivity index (χ0n) is 13.6. The molecule has 7 heteroatoms. The van der Waals surface area contributed by atoms with Crippen molar-refractivity contribution < 1.29 is 17.6 Å². The van der Waals surface area contributed by atoms with Gasteiger partial charge in [0.2, 0.25) is 15.9 Å². The van der Waals surface area contributed by atoms with Crippen LogP contribution in [0, 0.1) is 5.82 Å². The number of nitrogens with one attached hydrogen (secondary N) is 1. The van der Waals surface area contributed by atoms with E-state index in [1.54, 1.807) is 4.90 Å². The van der Waals surface area contributed by atoms with E-state index in [0.29, 0.717) is 25.1 Å². The average molecular weight is 362 g/mol. The van der Waals surface area contributed by atoms with Crippen LogP contribution in [0.5, 0.6) is 0 Å². The number of sulfonamides is 1. The van der Waals surface area contributed by atoms with Crippen LogP contribution in [-0.4, -0.2) is 31.8 Å². The Hall–Kier alpha value is -2.25. The molecular weight excluding hydrogens is 343 g/mol. The van der Waals surface area contributed by atoms with Crippen LogP contribution in [0.1, 0.15) is 17.5 Å². The summed E-state index contributed by atoms with van der Waals surface area (Å²) in [7, 11) is -3.68. The van der Waals surface area contributed by atoms with Gasteiger partial charge in [0.15, 0.2) is 0 Å². The molecule has 0 saturated carbocycles. The number of carbonyl (C=O) groups excluding carboxylic acids is 1. The molecule has 3 rings (SSSR count). The number of amides is 1. The molecule has 0 bridgehead atoms. The van der Waals surface area contributed by atoms with Gasteiger partial charge in [-0.25, -0.2) is 17.5 Å². The number of benzene rings is 2. The lowest BCUT2D eigenvalue weighted by Gasteiger charge is -2.17. The molecule has 1 aliphatic rings. The summed E-state index contributed by atoms with van der Waals surface area (Å²) in [5, 5.41) is 0. The van der Waals surface area contributed by atoms with Crippen molar-refractivity contribution in [2.45, 2.75) is 24.8 Å². The maximum atomic E-state index is 12.9. The van der Waals surface area contributed by atoms with Gasteiger partial charge in [-0.15, -0.1) is 0 Å². The molecule has 0 spiro atoms. The molecule has 0 unspecified atom stereocenters. The minimum Gasteiger partial charge on any atom is -0.337 e. The van der Waals surface area contributed by atoms with Gasteiger partial charge in [-0.1, -0.05) is 42.5 Å². The van der Waals surface area contributed by atoms with Crippen LogP contribution in [0.25, 0.3) is 0 Å². The highest BCUT2D eigenvalue weighted by molar-refractivity contribution is 7.88. The van der Waals surface area contributed by atoms with Crippen LogP contribution < -0.4 is 4.72 Å². The average Bonchev–Trinajstić information content (AvgIpc) is 2.90. The molecule has 0 radical (unpaired) electrons. The van der Waals surface area contributed by atoms with Crippen molar-refractivity contribution in [2.75, 3.05) is 6.54 Å². The molecule has 1 aliphatic heterocycles. The fraction of sp³-hybridized carbons (Fsp3) is 0.278. The van der Waals surface area contributed by atoms with E-state index in [0.717, 1.165) is 5.56 Å². The summed E-state index contributed by atoms with van der Waals surface area (Å²) in [6.45, 7) is 0.979. The Kier molecular flexibility index (Phi) is 5.15. The van der Waals surface area contributed by atoms with Crippen molar-refractivity contribution in [3.05, 3.63) is 71.5 Å². The van der Waals surface area contributed by atoms with E-state index in [-0.39, 0.29) is 11.7 Å². The lowest BCUT2D eigenvalue weighted by atomic mass is 10.2. The normalized spacial score (nSPS) is 17.9. The summed E-state index contributed by atoms with van der Waals surface area (Å²) < 4.78 is 39.9. The monoisotopic (exact) mass is 362 g/mol. The molecule has 0 aliphatic carbocycles. The lowest BCUT2D eigenvalue weighted by Crippen LogP contribution is -2.41. The van der Waals surface area contributed by atoms with Crippen LogP contribution in [0.15, 0.2) is 54.6 Å². The van der Waals surface area contributed by atoms with Crippen LogP contribution in [-0.2, 0) is 27.1 Å². The molecule has 1 amide bonds. The van der Waals surface area contributed by atoms with Crippen molar-refractivity contribution >= 4 is 15.9 Å². The first-order valence-electron chi connectivity index (χ1n) is 8.00. The van der Waals surface area contributed by atoms with E-state index >= 15 is 0 Å². The Balaban J connectivity index is 1.61. The van der Waals surface area contributed by atoms with Crippen LogP contribution >= 0.6 is 0 Å². The summed E-state index contributed by atoms with van der Waals surface area (Å²) in [6, 6.07) is 14.1. The third-order valence-corrected chi connectivity index (χ3v) is 5.46. The van der Waals surface area contributed by atoms with E-state index in [1.807, 2.05) is 30.3 Å². The molecule has 1 heterocycles. The van der Waals surface area contributed by atoms with Crippen molar-refractivity contribution in [2.24, 2.45) is 0 Å². The second-order valence-corrected chi connectivity index (χ2v) is 7.84. The van der Waals surface area contributed by atoms with E-state index in [2.05, 4.69) is 4.72 Å². The predicted octanol–water partition coefficient (Wildman–Crippen LogP) is 2.05. The third-order valence-electron chi connectivity index (χ3n) is 4.11. The molecule has 1 fully saturated rings. The minimum atomic E-state index is -3.68. The number of hydrogen-bond donors (Lipinski definition) is 1. The molecule has 132 valence electrons. The predicted molar refractivity (Wildman–Crippen MR) is 92.4 cm³/mol. The highest BCUT2D eigenvalue weighted by atomic mass is 32.2. The van der Waals surface area contributed by atoms with Gasteiger partial charge in [-0.05, 0) is 29.7 Å². The number of hydrogen-bond acceptors (Lipinski definition) is 3. The van der Waals surface area contributed by atoms with Gasteiger partial charge >= 0.3 is 0 Å². The zero-order valence-corrected chi connectivity index (χ0v) is 14.4. The Morgan fingerprint density at radius 2 is 1.72 bits per heavy atom. The molecule has 2 aromatic carbocycles. The first-order valence-corrected chi connectivity index (χ1v) is 9.65. The highest BCUT2D eigenvalue weighted by Gasteiger charge is 2.34. The number of likely N-dealkylation sites (tertiary alicyclic amines) is 1. The second kappa shape index (κ2) is 7.33. The topological polar surface area (TPSA) is 66.5 Å². The van der Waals surface area contributed by atoms with Crippen molar-refractivity contribution in [3.63, 3.8) is 0 Å². The van der Waals surface area contributed by atoms with Crippen molar-refractivity contribution in [1.29, 1.82) is 0 Å². The van der Waals surface area contributed by atoms with Crippen molar-refractivity contribution in [1.82, 2.24) is 9.62 Å². The number of rotatable bonds is 6. The van der Waals surface area contributed by atoms with Crippen LogP contribution in [0.4, 0.5) is 4.39 Å². The molecule has 5 nitrogen and oxygen atoms in total. The Morgan fingerprint density at radius 3 is 2.40 bits per heavy atom. The molecule has 1 atom stereocenters. The Morgan fingerprint density at radius 1 is 1.04 bits per heavy atom. The summed E-state index contributed by atoms with van der Waals surface area (Å²) >= 11 is 0. The maximum Gasteiger partial charge on any atom is 0.241 e. The third kappa shape index (κ3) is 4.64. The smallest absolute Gasteiger partial charge is 0.241 e. The van der Waals surface area contributed by atoms with Gasteiger partial charge in [0.25, 0.3) is 0 Å². The van der Waals surface area contributed by atoms with E-state index in [9.17, 15) is 17.6 Å². The second-order valence-electron chi connectivity index (χ2n) is 6.09. The van der Waals surface area contributed by atoms with E-state index in [1.165, 1.54) is 24.3 Å². The van der Waals surface area contributed by atoms with Gasteiger partial charge < -0.3 is 4.90 Å². The van der Waals surface area contributed by atoms with Gasteiger partial charge in [0.05, 0.1) is 5.75 Å². The van der Waals surface area contributed by atoms with Gasteiger partial charge in [0.1, 0.15) is 11.9 Å². The van der Waals surface area contributed by atoms with E-state index in [4.69, 9.17) is 0 Å². The molecule has 0 aromatic heterocycles. The molecule has 2 aromatic rings. The van der Waals surface area contributed by atoms with E-state index < -0.39 is 21.9 Å². The molecule has 25 heavy (non-hydrogen) atoms. The lowest BCUT2D eigenvalue weighted by molar-refractivity contribution is -0.129. The fourth-order valence-electron chi connectivity index (χ4n) is 2.87. The minimum absolute atomic E-state index is 0.216.